The smallest absolute Gasteiger partial charge is 0.0316 e. The molecular formula is C51H74N2. The summed E-state index contributed by atoms with van der Waals surface area (Å²) in [5.74, 6) is 0.860. The Hall–Kier alpha value is -3.52. The molecule has 2 heteroatoms. The second kappa shape index (κ2) is 24.0. The minimum absolute atomic E-state index is 0.430. The van der Waals surface area contributed by atoms with Crippen molar-refractivity contribution in [3.63, 3.8) is 0 Å². The summed E-state index contributed by atoms with van der Waals surface area (Å²) >= 11 is 0. The number of rotatable bonds is 26. The zero-order valence-corrected chi connectivity index (χ0v) is 34.2. The molecule has 2 unspecified atom stereocenters. The highest BCUT2D eigenvalue weighted by atomic mass is 14.5. The van der Waals surface area contributed by atoms with Crippen LogP contribution in [0.2, 0.25) is 0 Å². The van der Waals surface area contributed by atoms with Gasteiger partial charge in [-0.3, -0.25) is 0 Å². The minimum atomic E-state index is 0.430. The maximum absolute atomic E-state index is 6.16. The van der Waals surface area contributed by atoms with E-state index in [-0.39, 0.29) is 0 Å². The molecular weight excluding hydrogens is 641 g/mol. The van der Waals surface area contributed by atoms with Crippen LogP contribution in [0.25, 0.3) is 0 Å². The number of hydrogen-bond acceptors (Lipinski definition) is 2. The van der Waals surface area contributed by atoms with Gasteiger partial charge in [-0.2, -0.15) is 0 Å². The van der Waals surface area contributed by atoms with Crippen LogP contribution >= 0.6 is 0 Å². The molecule has 0 saturated heterocycles. The Morgan fingerprint density at radius 3 is 1.08 bits per heavy atom. The molecule has 53 heavy (non-hydrogen) atoms. The summed E-state index contributed by atoms with van der Waals surface area (Å²) in [6.07, 6.45) is 27.5. The highest BCUT2D eigenvalue weighted by Crippen LogP contribution is 2.35. The average molecular weight is 715 g/mol. The zero-order valence-electron chi connectivity index (χ0n) is 34.2. The summed E-state index contributed by atoms with van der Waals surface area (Å²) in [5, 5.41) is 0. The molecule has 0 heterocycles. The van der Waals surface area contributed by atoms with E-state index in [1.54, 1.807) is 0 Å². The molecule has 4 aromatic rings. The van der Waals surface area contributed by atoms with Crippen LogP contribution in [-0.2, 0) is 12.8 Å². The molecule has 0 fully saturated rings. The van der Waals surface area contributed by atoms with E-state index in [1.807, 2.05) is 0 Å². The van der Waals surface area contributed by atoms with E-state index in [2.05, 4.69) is 113 Å². The second-order valence-electron chi connectivity index (χ2n) is 16.2. The van der Waals surface area contributed by atoms with E-state index in [1.165, 1.54) is 160 Å². The van der Waals surface area contributed by atoms with E-state index in [0.717, 1.165) is 30.6 Å². The van der Waals surface area contributed by atoms with E-state index < -0.39 is 0 Å². The van der Waals surface area contributed by atoms with Crippen LogP contribution in [0, 0.1) is 13.8 Å². The number of nitrogens with two attached hydrogens (primary N) is 2. The van der Waals surface area contributed by atoms with E-state index in [4.69, 9.17) is 11.5 Å². The minimum Gasteiger partial charge on any atom is -0.399 e. The Morgan fingerprint density at radius 2 is 0.736 bits per heavy atom. The van der Waals surface area contributed by atoms with Crippen molar-refractivity contribution in [2.75, 3.05) is 11.5 Å². The number of aryl methyl sites for hydroxylation is 4. The van der Waals surface area contributed by atoms with Crippen molar-refractivity contribution in [1.82, 2.24) is 0 Å². The van der Waals surface area contributed by atoms with Gasteiger partial charge in [-0.15, -0.1) is 0 Å². The standard InChI is InChI=1S/C51H74N2/c1-5-7-9-11-13-15-17-19-24-50(48-36-34-46(52)38-40(48)3)44-30-26-42(27-31-44)22-21-23-43-28-32-45(33-29-43)51(49-37-35-47(53)39-41(49)4)25-20-18-16-14-12-10-8-6-2/h26-39,50-51H,5-25,52-53H2,1-4H3. The monoisotopic (exact) mass is 715 g/mol. The molecule has 0 saturated carbocycles. The van der Waals surface area contributed by atoms with Gasteiger partial charge >= 0.3 is 0 Å². The lowest BCUT2D eigenvalue weighted by Gasteiger charge is -2.21. The third kappa shape index (κ3) is 14.7. The van der Waals surface area contributed by atoms with E-state index in [0.29, 0.717) is 11.8 Å². The number of benzene rings is 4. The first kappa shape index (κ1) is 42.2. The SMILES string of the molecule is CCCCCCCCCCC(c1ccc(CCCc2ccc(C(CCCCCCCCCC)c3ccc(N)cc3C)cc2)cc1)c1ccc(N)cc1C. The van der Waals surface area contributed by atoms with Gasteiger partial charge in [-0.05, 0) is 115 Å². The topological polar surface area (TPSA) is 52.0 Å². The molecule has 0 aliphatic heterocycles. The number of nitrogen functional groups attached to an aromatic ring is 2. The van der Waals surface area contributed by atoms with Crippen molar-refractivity contribution in [3.05, 3.63) is 129 Å². The Balaban J connectivity index is 1.32. The van der Waals surface area contributed by atoms with Crippen molar-refractivity contribution >= 4 is 11.4 Å². The summed E-state index contributed by atoms with van der Waals surface area (Å²) in [6.45, 7) is 9.04. The van der Waals surface area contributed by atoms with Gasteiger partial charge in [0, 0.05) is 23.2 Å². The van der Waals surface area contributed by atoms with Gasteiger partial charge < -0.3 is 11.5 Å². The van der Waals surface area contributed by atoms with Gasteiger partial charge in [0.2, 0.25) is 0 Å². The predicted octanol–water partition coefficient (Wildman–Crippen LogP) is 15.0. The van der Waals surface area contributed by atoms with Crippen LogP contribution in [-0.4, -0.2) is 0 Å². The summed E-state index contributed by atoms with van der Waals surface area (Å²) < 4.78 is 0. The first-order chi connectivity index (χ1) is 25.9. The lowest BCUT2D eigenvalue weighted by Crippen LogP contribution is -2.05. The highest BCUT2D eigenvalue weighted by Gasteiger charge is 2.18. The van der Waals surface area contributed by atoms with Crippen LogP contribution in [0.4, 0.5) is 11.4 Å². The van der Waals surface area contributed by atoms with Gasteiger partial charge in [-0.1, -0.05) is 177 Å². The van der Waals surface area contributed by atoms with Gasteiger partial charge in [0.1, 0.15) is 0 Å². The molecule has 0 radical (unpaired) electrons. The highest BCUT2D eigenvalue weighted by molar-refractivity contribution is 5.49. The fourth-order valence-corrected chi connectivity index (χ4v) is 8.48. The Kier molecular flexibility index (Phi) is 19.1. The van der Waals surface area contributed by atoms with E-state index >= 15 is 0 Å². The largest absolute Gasteiger partial charge is 0.399 e. The molecule has 0 spiro atoms. The molecule has 4 rings (SSSR count). The van der Waals surface area contributed by atoms with Crippen molar-refractivity contribution in [2.24, 2.45) is 0 Å². The molecule has 4 N–H and O–H groups in total. The molecule has 0 amide bonds. The number of hydrogen-bond donors (Lipinski definition) is 2. The first-order valence-corrected chi connectivity index (χ1v) is 21.8. The summed E-state index contributed by atoms with van der Waals surface area (Å²) in [6, 6.07) is 32.2. The lowest BCUT2D eigenvalue weighted by molar-refractivity contribution is 0.551. The maximum Gasteiger partial charge on any atom is 0.0316 e. The Bertz CT molecular complexity index is 1450. The van der Waals surface area contributed by atoms with Crippen LogP contribution in [0.1, 0.15) is 192 Å². The van der Waals surface area contributed by atoms with Crippen LogP contribution in [0.15, 0.2) is 84.9 Å². The fourth-order valence-electron chi connectivity index (χ4n) is 8.48. The van der Waals surface area contributed by atoms with Crippen LogP contribution < -0.4 is 11.5 Å². The van der Waals surface area contributed by atoms with Gasteiger partial charge in [0.15, 0.2) is 0 Å². The third-order valence-corrected chi connectivity index (χ3v) is 11.7. The summed E-state index contributed by atoms with van der Waals surface area (Å²) in [5.41, 5.74) is 25.3. The number of unbranched alkanes of at least 4 members (excludes halogenated alkanes) is 14. The average Bonchev–Trinajstić information content (AvgIpc) is 3.15. The quantitative estimate of drug-likeness (QED) is 0.0502. The molecule has 2 nitrogen and oxygen atoms in total. The normalized spacial score (nSPS) is 12.6. The zero-order chi connectivity index (χ0) is 37.7. The second-order valence-corrected chi connectivity index (χ2v) is 16.2. The van der Waals surface area contributed by atoms with Gasteiger partial charge in [0.05, 0.1) is 0 Å². The van der Waals surface area contributed by atoms with Crippen LogP contribution in [0.5, 0.6) is 0 Å². The molecule has 2 atom stereocenters. The van der Waals surface area contributed by atoms with Gasteiger partial charge in [-0.25, -0.2) is 0 Å². The van der Waals surface area contributed by atoms with Crippen molar-refractivity contribution < 1.29 is 0 Å². The first-order valence-electron chi connectivity index (χ1n) is 21.8. The fraction of sp³-hybridized carbons (Fsp3) is 0.529. The molecule has 4 aromatic carbocycles. The summed E-state index contributed by atoms with van der Waals surface area (Å²) in [4.78, 5) is 0. The lowest BCUT2D eigenvalue weighted by atomic mass is 9.83. The predicted molar refractivity (Wildman–Crippen MR) is 234 cm³/mol. The maximum atomic E-state index is 6.16. The molecule has 0 aliphatic carbocycles. The number of anilines is 2. The van der Waals surface area contributed by atoms with Crippen molar-refractivity contribution in [3.8, 4) is 0 Å². The molecule has 0 bridgehead atoms. The summed E-state index contributed by atoms with van der Waals surface area (Å²) in [7, 11) is 0. The third-order valence-electron chi connectivity index (χ3n) is 11.7. The van der Waals surface area contributed by atoms with Gasteiger partial charge in [0.25, 0.3) is 0 Å². The van der Waals surface area contributed by atoms with Crippen LogP contribution in [0.3, 0.4) is 0 Å². The van der Waals surface area contributed by atoms with Crippen molar-refractivity contribution in [1.29, 1.82) is 0 Å². The van der Waals surface area contributed by atoms with Crippen molar-refractivity contribution in [2.45, 2.75) is 174 Å². The molecule has 288 valence electrons. The van der Waals surface area contributed by atoms with E-state index in [9.17, 15) is 0 Å². The molecule has 0 aliphatic rings. The Morgan fingerprint density at radius 1 is 0.396 bits per heavy atom. The molecule has 0 aromatic heterocycles. The Labute approximate surface area is 325 Å².